The van der Waals surface area contributed by atoms with Gasteiger partial charge in [0.05, 0.1) is 38.1 Å². The van der Waals surface area contributed by atoms with E-state index >= 15 is 0 Å². The van der Waals surface area contributed by atoms with Crippen molar-refractivity contribution in [3.8, 4) is 0 Å². The molecule has 0 aromatic carbocycles. The Morgan fingerprint density at radius 3 is 2.15 bits per heavy atom. The molecule has 0 aromatic heterocycles. The summed E-state index contributed by atoms with van der Waals surface area (Å²) in [7, 11) is 0. The molecule has 0 radical (unpaired) electrons. The van der Waals surface area contributed by atoms with Crippen LogP contribution in [0.5, 0.6) is 0 Å². The lowest BCUT2D eigenvalue weighted by molar-refractivity contribution is -0.0106. The van der Waals surface area contributed by atoms with Crippen LogP contribution in [0.15, 0.2) is 0 Å². The van der Waals surface area contributed by atoms with Crippen molar-refractivity contribution in [2.24, 2.45) is 5.41 Å². The molecular weight excluding hydrogens is 258 g/mol. The summed E-state index contributed by atoms with van der Waals surface area (Å²) < 4.78 is 10.6. The molecule has 0 aliphatic carbocycles. The normalized spacial score (nSPS) is 15.6. The summed E-state index contributed by atoms with van der Waals surface area (Å²) in [6.07, 6.45) is -0.00739. The first-order chi connectivity index (χ1) is 9.20. The maximum atomic E-state index is 9.80. The zero-order valence-electron chi connectivity index (χ0n) is 13.7. The van der Waals surface area contributed by atoms with Crippen LogP contribution < -0.4 is 5.32 Å². The van der Waals surface area contributed by atoms with E-state index in [1.54, 1.807) is 0 Å². The minimum absolute atomic E-state index is 0.110. The van der Waals surface area contributed by atoms with Crippen LogP contribution in [0.1, 0.15) is 41.0 Å². The van der Waals surface area contributed by atoms with Gasteiger partial charge in [-0.15, -0.1) is 0 Å². The molecule has 2 unspecified atom stereocenters. The SMILES string of the molecule is CC(C)OCCOCC(O)CNCC(O)CC(C)(C)C. The smallest absolute Gasteiger partial charge is 0.0897 e. The third-order valence-electron chi connectivity index (χ3n) is 2.60. The van der Waals surface area contributed by atoms with Gasteiger partial charge in [-0.25, -0.2) is 0 Å². The van der Waals surface area contributed by atoms with Crippen LogP contribution in [-0.2, 0) is 9.47 Å². The van der Waals surface area contributed by atoms with Crippen molar-refractivity contribution in [2.75, 3.05) is 32.9 Å². The number of aliphatic hydroxyl groups excluding tert-OH is 2. The lowest BCUT2D eigenvalue weighted by Crippen LogP contribution is -2.36. The maximum Gasteiger partial charge on any atom is 0.0897 e. The van der Waals surface area contributed by atoms with Crippen molar-refractivity contribution in [3.63, 3.8) is 0 Å². The van der Waals surface area contributed by atoms with Gasteiger partial charge < -0.3 is 25.0 Å². The first-order valence-corrected chi connectivity index (χ1v) is 7.47. The predicted molar refractivity (Wildman–Crippen MR) is 80.9 cm³/mol. The largest absolute Gasteiger partial charge is 0.392 e. The summed E-state index contributed by atoms with van der Waals surface area (Å²) >= 11 is 0. The number of ether oxygens (including phenoxy) is 2. The van der Waals surface area contributed by atoms with Crippen molar-refractivity contribution in [2.45, 2.75) is 59.4 Å². The number of nitrogens with one attached hydrogen (secondary N) is 1. The van der Waals surface area contributed by atoms with E-state index < -0.39 is 6.10 Å². The fraction of sp³-hybridized carbons (Fsp3) is 1.00. The third kappa shape index (κ3) is 14.2. The second-order valence-electron chi connectivity index (χ2n) is 6.73. The number of hydrogen-bond donors (Lipinski definition) is 3. The molecule has 0 saturated carbocycles. The lowest BCUT2D eigenvalue weighted by Gasteiger charge is -2.23. The summed E-state index contributed by atoms with van der Waals surface area (Å²) in [6, 6.07) is 0. The zero-order valence-corrected chi connectivity index (χ0v) is 13.7. The molecule has 0 rings (SSSR count). The Kier molecular flexibility index (Phi) is 10.4. The molecular formula is C15H33NO4. The van der Waals surface area contributed by atoms with Gasteiger partial charge in [-0.2, -0.15) is 0 Å². The highest BCUT2D eigenvalue weighted by Crippen LogP contribution is 2.20. The van der Waals surface area contributed by atoms with Gasteiger partial charge >= 0.3 is 0 Å². The van der Waals surface area contributed by atoms with Crippen molar-refractivity contribution in [3.05, 3.63) is 0 Å². The van der Waals surface area contributed by atoms with Crippen molar-refractivity contribution in [1.29, 1.82) is 0 Å². The van der Waals surface area contributed by atoms with Crippen LogP contribution in [0.4, 0.5) is 0 Å². The van der Waals surface area contributed by atoms with Gasteiger partial charge in [0, 0.05) is 13.1 Å². The summed E-state index contributed by atoms with van der Waals surface area (Å²) in [5.41, 5.74) is 0.110. The molecule has 5 heteroatoms. The summed E-state index contributed by atoms with van der Waals surface area (Å²) in [5, 5.41) is 22.6. The molecule has 0 saturated heterocycles. The van der Waals surface area contributed by atoms with Crippen LogP contribution in [0.2, 0.25) is 0 Å². The van der Waals surface area contributed by atoms with E-state index in [1.807, 2.05) is 13.8 Å². The van der Waals surface area contributed by atoms with E-state index in [0.717, 1.165) is 6.42 Å². The van der Waals surface area contributed by atoms with Crippen LogP contribution in [0, 0.1) is 5.41 Å². The molecule has 0 aliphatic heterocycles. The Morgan fingerprint density at radius 2 is 1.60 bits per heavy atom. The quantitative estimate of drug-likeness (QED) is 0.499. The molecule has 0 aliphatic rings. The van der Waals surface area contributed by atoms with Crippen molar-refractivity contribution < 1.29 is 19.7 Å². The second-order valence-corrected chi connectivity index (χ2v) is 6.73. The molecule has 2 atom stereocenters. The number of hydrogen-bond acceptors (Lipinski definition) is 5. The van der Waals surface area contributed by atoms with Crippen LogP contribution in [0.3, 0.4) is 0 Å². The number of aliphatic hydroxyl groups is 2. The minimum Gasteiger partial charge on any atom is -0.392 e. The second kappa shape index (κ2) is 10.5. The highest BCUT2D eigenvalue weighted by atomic mass is 16.5. The Morgan fingerprint density at radius 1 is 1.00 bits per heavy atom. The van der Waals surface area contributed by atoms with Gasteiger partial charge in [0.25, 0.3) is 0 Å². The molecule has 0 spiro atoms. The molecule has 20 heavy (non-hydrogen) atoms. The van der Waals surface area contributed by atoms with Gasteiger partial charge in [0.2, 0.25) is 0 Å². The van der Waals surface area contributed by atoms with Crippen molar-refractivity contribution in [1.82, 2.24) is 5.32 Å². The van der Waals surface area contributed by atoms with E-state index in [4.69, 9.17) is 9.47 Å². The maximum absolute atomic E-state index is 9.80. The van der Waals surface area contributed by atoms with E-state index in [1.165, 1.54) is 0 Å². The predicted octanol–water partition coefficient (Wildman–Crippen LogP) is 1.18. The fourth-order valence-corrected chi connectivity index (χ4v) is 1.82. The van der Waals surface area contributed by atoms with E-state index in [0.29, 0.717) is 26.3 Å². The van der Waals surface area contributed by atoms with Gasteiger partial charge in [-0.3, -0.25) is 0 Å². The van der Waals surface area contributed by atoms with Gasteiger partial charge in [0.1, 0.15) is 0 Å². The monoisotopic (exact) mass is 291 g/mol. The Balaban J connectivity index is 3.47. The van der Waals surface area contributed by atoms with Crippen LogP contribution in [0.25, 0.3) is 0 Å². The summed E-state index contributed by atoms with van der Waals surface area (Å²) in [5.74, 6) is 0. The van der Waals surface area contributed by atoms with Crippen LogP contribution >= 0.6 is 0 Å². The van der Waals surface area contributed by atoms with Gasteiger partial charge in [-0.1, -0.05) is 20.8 Å². The third-order valence-corrected chi connectivity index (χ3v) is 2.60. The highest BCUT2D eigenvalue weighted by Gasteiger charge is 2.16. The topological polar surface area (TPSA) is 71.0 Å². The first-order valence-electron chi connectivity index (χ1n) is 7.47. The Hall–Kier alpha value is -0.200. The molecule has 122 valence electrons. The van der Waals surface area contributed by atoms with Crippen LogP contribution in [-0.4, -0.2) is 61.4 Å². The average molecular weight is 291 g/mol. The molecule has 0 aromatic rings. The van der Waals surface area contributed by atoms with E-state index in [2.05, 4.69) is 26.1 Å². The highest BCUT2D eigenvalue weighted by molar-refractivity contribution is 4.70. The van der Waals surface area contributed by atoms with Gasteiger partial charge in [-0.05, 0) is 25.7 Å². The standard InChI is InChI=1S/C15H33NO4/c1-12(2)20-7-6-19-11-14(18)10-16-9-13(17)8-15(3,4)5/h12-14,16-18H,6-11H2,1-5H3. The Bertz CT molecular complexity index is 228. The van der Waals surface area contributed by atoms with Crippen molar-refractivity contribution >= 4 is 0 Å². The molecule has 0 heterocycles. The zero-order chi connectivity index (χ0) is 15.6. The fourth-order valence-electron chi connectivity index (χ4n) is 1.82. The lowest BCUT2D eigenvalue weighted by atomic mass is 9.89. The molecule has 0 amide bonds. The Labute approximate surface area is 123 Å². The van der Waals surface area contributed by atoms with E-state index in [9.17, 15) is 10.2 Å². The molecule has 0 fully saturated rings. The molecule has 5 nitrogen and oxygen atoms in total. The summed E-state index contributed by atoms with van der Waals surface area (Å²) in [4.78, 5) is 0. The minimum atomic E-state index is -0.559. The number of rotatable bonds is 11. The van der Waals surface area contributed by atoms with Gasteiger partial charge in [0.15, 0.2) is 0 Å². The molecule has 3 N–H and O–H groups in total. The molecule has 0 bridgehead atoms. The average Bonchev–Trinajstić information content (AvgIpc) is 2.25. The van der Waals surface area contributed by atoms with E-state index in [-0.39, 0.29) is 24.2 Å². The summed E-state index contributed by atoms with van der Waals surface area (Å²) in [6.45, 7) is 12.5. The first kappa shape index (κ1) is 19.8.